The third-order valence-electron chi connectivity index (χ3n) is 5.05. The lowest BCUT2D eigenvalue weighted by Crippen LogP contribution is -2.15. The molecule has 0 saturated heterocycles. The molecule has 4 rings (SSSR count). The summed E-state index contributed by atoms with van der Waals surface area (Å²) < 4.78 is 73.5. The molecule has 0 saturated carbocycles. The second kappa shape index (κ2) is 9.38. The van der Waals surface area contributed by atoms with E-state index in [4.69, 9.17) is 0 Å². The van der Waals surface area contributed by atoms with Crippen molar-refractivity contribution < 1.29 is 31.5 Å². The van der Waals surface area contributed by atoms with Gasteiger partial charge in [0.1, 0.15) is 23.0 Å². The number of ether oxygens (including phenoxy) is 1. The van der Waals surface area contributed by atoms with Crippen LogP contribution < -0.4 is 0 Å². The van der Waals surface area contributed by atoms with Gasteiger partial charge in [-0.15, -0.1) is 11.3 Å². The quantitative estimate of drug-likeness (QED) is 0.233. The van der Waals surface area contributed by atoms with Crippen LogP contribution in [0.3, 0.4) is 0 Å². The van der Waals surface area contributed by atoms with Gasteiger partial charge in [0.05, 0.1) is 25.0 Å². The Labute approximate surface area is 195 Å². The van der Waals surface area contributed by atoms with Gasteiger partial charge in [-0.05, 0) is 41.5 Å². The van der Waals surface area contributed by atoms with E-state index in [9.17, 15) is 26.7 Å². The Hall–Kier alpha value is -3.53. The number of thiophene rings is 1. The fourth-order valence-corrected chi connectivity index (χ4v) is 4.36. The van der Waals surface area contributed by atoms with Crippen molar-refractivity contribution in [1.82, 2.24) is 9.78 Å². The molecule has 4 nitrogen and oxygen atoms in total. The number of hydrogen-bond acceptors (Lipinski definition) is 4. The van der Waals surface area contributed by atoms with Crippen LogP contribution in [0.4, 0.5) is 22.0 Å². The predicted molar refractivity (Wildman–Crippen MR) is 117 cm³/mol. The van der Waals surface area contributed by atoms with Crippen molar-refractivity contribution in [2.45, 2.75) is 19.1 Å². The van der Waals surface area contributed by atoms with Gasteiger partial charge >= 0.3 is 12.1 Å². The molecule has 2 aromatic carbocycles. The Morgan fingerprint density at radius 3 is 2.50 bits per heavy atom. The van der Waals surface area contributed by atoms with Crippen molar-refractivity contribution in [2.75, 3.05) is 7.11 Å². The summed E-state index contributed by atoms with van der Waals surface area (Å²) in [5, 5.41) is 4.07. The second-order valence-corrected chi connectivity index (χ2v) is 8.51. The Morgan fingerprint density at radius 2 is 1.79 bits per heavy atom. The number of carbonyl (C=O) groups excluding carboxylic acids is 1. The van der Waals surface area contributed by atoms with Gasteiger partial charge in [0.2, 0.25) is 0 Å². The number of rotatable bonds is 6. The number of aromatic nitrogens is 2. The minimum Gasteiger partial charge on any atom is -0.469 e. The van der Waals surface area contributed by atoms with E-state index in [1.807, 2.05) is 12.1 Å². The number of alkyl halides is 3. The molecule has 2 heterocycles. The third-order valence-corrected chi connectivity index (χ3v) is 6.21. The smallest absolute Gasteiger partial charge is 0.433 e. The zero-order valence-electron chi connectivity index (χ0n) is 17.7. The standard InChI is InChI=1S/C24H17F5N2O2S/c1-33-23(32)10-14-3-2-4-15(9-14)20-7-8-21(34-20)19-12-22(24(27,28)29)31(30-19)13-16-5-6-17(25)11-18(16)26/h2-9,11-12H,10,13H2,1H3. The maximum absolute atomic E-state index is 14.0. The zero-order chi connectivity index (χ0) is 24.5. The van der Waals surface area contributed by atoms with Gasteiger partial charge in [-0.1, -0.05) is 24.3 Å². The van der Waals surface area contributed by atoms with E-state index in [1.165, 1.54) is 18.4 Å². The molecule has 0 fully saturated rings. The highest BCUT2D eigenvalue weighted by molar-refractivity contribution is 7.18. The first kappa shape index (κ1) is 23.6. The Balaban J connectivity index is 1.66. The molecule has 0 N–H and O–H groups in total. The maximum Gasteiger partial charge on any atom is 0.433 e. The molecular formula is C24H17F5N2O2S. The molecule has 4 aromatic rings. The van der Waals surface area contributed by atoms with Gasteiger partial charge < -0.3 is 4.74 Å². The molecule has 0 atom stereocenters. The summed E-state index contributed by atoms with van der Waals surface area (Å²) in [7, 11) is 1.30. The summed E-state index contributed by atoms with van der Waals surface area (Å²) in [4.78, 5) is 12.8. The van der Waals surface area contributed by atoms with Crippen molar-refractivity contribution in [3.8, 4) is 21.0 Å². The fourth-order valence-electron chi connectivity index (χ4n) is 3.40. The lowest BCUT2D eigenvalue weighted by molar-refractivity contribution is -0.144. The van der Waals surface area contributed by atoms with E-state index in [-0.39, 0.29) is 23.6 Å². The Bertz CT molecular complexity index is 1340. The van der Waals surface area contributed by atoms with Gasteiger partial charge in [-0.3, -0.25) is 9.48 Å². The normalized spacial score (nSPS) is 11.6. The van der Waals surface area contributed by atoms with Gasteiger partial charge in [-0.2, -0.15) is 18.3 Å². The molecular weight excluding hydrogens is 475 g/mol. The first-order valence-corrected chi connectivity index (χ1v) is 10.8. The third kappa shape index (κ3) is 5.17. The van der Waals surface area contributed by atoms with Crippen LogP contribution in [-0.4, -0.2) is 22.9 Å². The molecule has 0 aliphatic rings. The van der Waals surface area contributed by atoms with Crippen molar-refractivity contribution in [3.63, 3.8) is 0 Å². The number of nitrogens with zero attached hydrogens (tertiary/aromatic N) is 2. The minimum atomic E-state index is -4.72. The van der Waals surface area contributed by atoms with E-state index < -0.39 is 30.0 Å². The lowest BCUT2D eigenvalue weighted by atomic mass is 10.1. The summed E-state index contributed by atoms with van der Waals surface area (Å²) in [6.07, 6.45) is -4.62. The fraction of sp³-hybridized carbons (Fsp3) is 0.167. The molecule has 0 aliphatic carbocycles. The maximum atomic E-state index is 14.0. The van der Waals surface area contributed by atoms with Gasteiger partial charge in [0, 0.05) is 16.5 Å². The summed E-state index contributed by atoms with van der Waals surface area (Å²) in [6, 6.07) is 14.2. The number of carbonyl (C=O) groups is 1. The summed E-state index contributed by atoms with van der Waals surface area (Å²) in [5.41, 5.74) is 0.458. The van der Waals surface area contributed by atoms with Crippen LogP contribution in [0.25, 0.3) is 21.0 Å². The molecule has 176 valence electrons. The lowest BCUT2D eigenvalue weighted by Gasteiger charge is -2.10. The summed E-state index contributed by atoms with van der Waals surface area (Å²) >= 11 is 1.23. The number of methoxy groups -OCH3 is 1. The van der Waals surface area contributed by atoms with E-state index in [0.717, 1.165) is 34.2 Å². The van der Waals surface area contributed by atoms with Gasteiger partial charge in [0.15, 0.2) is 0 Å². The predicted octanol–water partition coefficient (Wildman–Crippen LogP) is 6.34. The van der Waals surface area contributed by atoms with Crippen molar-refractivity contribution in [1.29, 1.82) is 0 Å². The van der Waals surface area contributed by atoms with Crippen LogP contribution in [0.1, 0.15) is 16.8 Å². The monoisotopic (exact) mass is 492 g/mol. The first-order valence-electron chi connectivity index (χ1n) is 9.99. The highest BCUT2D eigenvalue weighted by Crippen LogP contribution is 2.37. The zero-order valence-corrected chi connectivity index (χ0v) is 18.5. The molecule has 0 radical (unpaired) electrons. The summed E-state index contributed by atoms with van der Waals surface area (Å²) in [5.74, 6) is -2.15. The topological polar surface area (TPSA) is 44.1 Å². The Kier molecular flexibility index (Phi) is 6.52. The molecule has 0 amide bonds. The summed E-state index contributed by atoms with van der Waals surface area (Å²) in [6.45, 7) is -0.505. The molecule has 0 bridgehead atoms. The largest absolute Gasteiger partial charge is 0.469 e. The van der Waals surface area contributed by atoms with E-state index in [1.54, 1.807) is 24.3 Å². The molecule has 2 aromatic heterocycles. The van der Waals surface area contributed by atoms with Crippen molar-refractivity contribution in [3.05, 3.63) is 89.1 Å². The van der Waals surface area contributed by atoms with Crippen LogP contribution in [0.5, 0.6) is 0 Å². The molecule has 0 unspecified atom stereocenters. The van der Waals surface area contributed by atoms with E-state index in [2.05, 4.69) is 9.84 Å². The van der Waals surface area contributed by atoms with Crippen LogP contribution >= 0.6 is 11.3 Å². The van der Waals surface area contributed by atoms with Gasteiger partial charge in [-0.25, -0.2) is 8.78 Å². The Morgan fingerprint density at radius 1 is 1.03 bits per heavy atom. The minimum absolute atomic E-state index is 0.0804. The van der Waals surface area contributed by atoms with Crippen LogP contribution in [-0.2, 0) is 28.7 Å². The second-order valence-electron chi connectivity index (χ2n) is 7.42. The molecule has 0 aliphatic heterocycles. The molecule has 34 heavy (non-hydrogen) atoms. The van der Waals surface area contributed by atoms with Crippen LogP contribution in [0.15, 0.2) is 60.7 Å². The van der Waals surface area contributed by atoms with E-state index in [0.29, 0.717) is 15.6 Å². The number of hydrogen-bond donors (Lipinski definition) is 0. The highest BCUT2D eigenvalue weighted by Gasteiger charge is 2.36. The molecule has 10 heteroatoms. The van der Waals surface area contributed by atoms with Gasteiger partial charge in [0.25, 0.3) is 0 Å². The average Bonchev–Trinajstić information content (AvgIpc) is 3.43. The van der Waals surface area contributed by atoms with E-state index >= 15 is 0 Å². The molecule has 0 spiro atoms. The number of halogens is 5. The van der Waals surface area contributed by atoms with Crippen LogP contribution in [0.2, 0.25) is 0 Å². The highest BCUT2D eigenvalue weighted by atomic mass is 32.1. The van der Waals surface area contributed by atoms with Crippen LogP contribution in [0, 0.1) is 11.6 Å². The van der Waals surface area contributed by atoms with Crippen molar-refractivity contribution in [2.24, 2.45) is 0 Å². The average molecular weight is 492 g/mol. The van der Waals surface area contributed by atoms with Crippen molar-refractivity contribution >= 4 is 17.3 Å². The number of esters is 1. The SMILES string of the molecule is COC(=O)Cc1cccc(-c2ccc(-c3cc(C(F)(F)F)n(Cc4ccc(F)cc4F)n3)s2)c1. The first-order chi connectivity index (χ1) is 16.1. The number of benzene rings is 2.